The lowest BCUT2D eigenvalue weighted by Crippen LogP contribution is -2.32. The van der Waals surface area contributed by atoms with Crippen molar-refractivity contribution in [2.45, 2.75) is 25.5 Å². The number of benzene rings is 2. The lowest BCUT2D eigenvalue weighted by molar-refractivity contribution is 0.222. The predicted molar refractivity (Wildman–Crippen MR) is 77.3 cm³/mol. The van der Waals surface area contributed by atoms with Crippen molar-refractivity contribution in [3.05, 3.63) is 65.2 Å². The minimum atomic E-state index is -0.557. The summed E-state index contributed by atoms with van der Waals surface area (Å²) in [4.78, 5) is 0. The fourth-order valence-corrected chi connectivity index (χ4v) is 2.64. The molecule has 1 aliphatic rings. The van der Waals surface area contributed by atoms with Gasteiger partial charge in [0, 0.05) is 30.6 Å². The molecule has 0 fully saturated rings. The third-order valence-corrected chi connectivity index (χ3v) is 3.79. The topological polar surface area (TPSA) is 21.3 Å². The minimum Gasteiger partial charge on any atom is -0.488 e. The van der Waals surface area contributed by atoms with Crippen molar-refractivity contribution in [2.24, 2.45) is 0 Å². The summed E-state index contributed by atoms with van der Waals surface area (Å²) in [5.41, 5.74) is 1.66. The number of para-hydroxylation sites is 1. The molecule has 0 aliphatic carbocycles. The first-order chi connectivity index (χ1) is 10.1. The molecule has 1 N–H and O–H groups in total. The van der Waals surface area contributed by atoms with Gasteiger partial charge in [-0.15, -0.1) is 0 Å². The molecule has 2 unspecified atom stereocenters. The molecule has 0 saturated carbocycles. The van der Waals surface area contributed by atoms with E-state index in [1.165, 1.54) is 17.7 Å². The molecule has 0 bridgehead atoms. The second kappa shape index (κ2) is 5.82. The Bertz CT molecular complexity index is 619. The van der Waals surface area contributed by atoms with Crippen LogP contribution in [0.25, 0.3) is 0 Å². The average Bonchev–Trinajstić information content (AvgIpc) is 2.87. The van der Waals surface area contributed by atoms with Gasteiger partial charge in [-0.1, -0.05) is 24.3 Å². The van der Waals surface area contributed by atoms with Crippen molar-refractivity contribution < 1.29 is 13.5 Å². The molecule has 110 valence electrons. The lowest BCUT2D eigenvalue weighted by atomic mass is 10.1. The van der Waals surface area contributed by atoms with Crippen LogP contribution in [0, 0.1) is 11.6 Å². The zero-order chi connectivity index (χ0) is 14.8. The van der Waals surface area contributed by atoms with E-state index in [4.69, 9.17) is 4.74 Å². The number of rotatable bonds is 4. The van der Waals surface area contributed by atoms with Crippen molar-refractivity contribution in [2.75, 3.05) is 6.54 Å². The Morgan fingerprint density at radius 3 is 2.81 bits per heavy atom. The molecule has 1 heterocycles. The number of nitrogens with one attached hydrogen (secondary N) is 1. The Morgan fingerprint density at radius 1 is 1.24 bits per heavy atom. The molecule has 21 heavy (non-hydrogen) atoms. The molecule has 3 rings (SSSR count). The van der Waals surface area contributed by atoms with Crippen LogP contribution in [0.15, 0.2) is 42.5 Å². The fraction of sp³-hybridized carbons (Fsp3) is 0.294. The molecule has 1 aliphatic heterocycles. The van der Waals surface area contributed by atoms with E-state index in [9.17, 15) is 8.78 Å². The van der Waals surface area contributed by atoms with Crippen molar-refractivity contribution in [1.29, 1.82) is 0 Å². The van der Waals surface area contributed by atoms with E-state index in [2.05, 4.69) is 11.4 Å². The summed E-state index contributed by atoms with van der Waals surface area (Å²) in [6.07, 6.45) is 0.898. The summed E-state index contributed by atoms with van der Waals surface area (Å²) >= 11 is 0. The summed E-state index contributed by atoms with van der Waals surface area (Å²) < 4.78 is 32.4. The van der Waals surface area contributed by atoms with Gasteiger partial charge in [-0.2, -0.15) is 0 Å². The average molecular weight is 289 g/mol. The summed E-state index contributed by atoms with van der Waals surface area (Å²) in [6.45, 7) is 2.48. The summed E-state index contributed by atoms with van der Waals surface area (Å²) in [5, 5.41) is 3.25. The minimum absolute atomic E-state index is 0.0494. The normalized spacial score (nSPS) is 18.1. The smallest absolute Gasteiger partial charge is 0.130 e. The van der Waals surface area contributed by atoms with E-state index < -0.39 is 11.6 Å². The van der Waals surface area contributed by atoms with Gasteiger partial charge in [0.1, 0.15) is 23.5 Å². The third-order valence-electron chi connectivity index (χ3n) is 3.79. The van der Waals surface area contributed by atoms with Gasteiger partial charge in [-0.3, -0.25) is 0 Å². The van der Waals surface area contributed by atoms with Gasteiger partial charge in [0.05, 0.1) is 0 Å². The van der Waals surface area contributed by atoms with Crippen molar-refractivity contribution in [3.8, 4) is 5.75 Å². The van der Waals surface area contributed by atoms with Crippen LogP contribution in [0.5, 0.6) is 5.75 Å². The Morgan fingerprint density at radius 2 is 2.05 bits per heavy atom. The van der Waals surface area contributed by atoms with Gasteiger partial charge in [0.15, 0.2) is 0 Å². The predicted octanol–water partition coefficient (Wildman–Crippen LogP) is 3.62. The van der Waals surface area contributed by atoms with Gasteiger partial charge in [-0.05, 0) is 24.6 Å². The SMILES string of the molecule is CC(NCC1Cc2ccccc2O1)c1ccc(F)cc1F. The van der Waals surface area contributed by atoms with E-state index in [0.717, 1.165) is 18.2 Å². The van der Waals surface area contributed by atoms with Gasteiger partial charge in [0.2, 0.25) is 0 Å². The lowest BCUT2D eigenvalue weighted by Gasteiger charge is -2.18. The molecular formula is C17H17F2NO. The van der Waals surface area contributed by atoms with Crippen LogP contribution < -0.4 is 10.1 Å². The summed E-state index contributed by atoms with van der Waals surface area (Å²) in [7, 11) is 0. The monoisotopic (exact) mass is 289 g/mol. The molecule has 0 saturated heterocycles. The highest BCUT2D eigenvalue weighted by Gasteiger charge is 2.23. The maximum Gasteiger partial charge on any atom is 0.130 e. The third kappa shape index (κ3) is 3.05. The Labute approximate surface area is 122 Å². The highest BCUT2D eigenvalue weighted by molar-refractivity contribution is 5.37. The first-order valence-corrected chi connectivity index (χ1v) is 7.06. The molecule has 2 nitrogen and oxygen atoms in total. The van der Waals surface area contributed by atoms with Crippen molar-refractivity contribution >= 4 is 0 Å². The van der Waals surface area contributed by atoms with Gasteiger partial charge in [0.25, 0.3) is 0 Å². The van der Waals surface area contributed by atoms with Crippen LogP contribution in [0.1, 0.15) is 24.1 Å². The van der Waals surface area contributed by atoms with Crippen LogP contribution in [0.4, 0.5) is 8.78 Å². The van der Waals surface area contributed by atoms with Gasteiger partial charge in [-0.25, -0.2) is 8.78 Å². The van der Waals surface area contributed by atoms with Crippen LogP contribution >= 0.6 is 0 Å². The molecule has 4 heteroatoms. The van der Waals surface area contributed by atoms with Crippen LogP contribution in [-0.2, 0) is 6.42 Å². The number of halogens is 2. The fourth-order valence-electron chi connectivity index (χ4n) is 2.64. The molecule has 0 spiro atoms. The zero-order valence-electron chi connectivity index (χ0n) is 11.8. The van der Waals surface area contributed by atoms with E-state index in [1.807, 2.05) is 25.1 Å². The molecule has 0 amide bonds. The van der Waals surface area contributed by atoms with E-state index in [0.29, 0.717) is 12.1 Å². The number of fused-ring (bicyclic) bond motifs is 1. The molecule has 2 atom stereocenters. The standard InChI is InChI=1S/C17H17F2NO/c1-11(15-7-6-13(18)9-16(15)19)20-10-14-8-12-4-2-3-5-17(12)21-14/h2-7,9,11,14,20H,8,10H2,1H3. The second-order valence-electron chi connectivity index (χ2n) is 5.35. The highest BCUT2D eigenvalue weighted by atomic mass is 19.1. The maximum atomic E-state index is 13.7. The number of hydrogen-bond donors (Lipinski definition) is 1. The van der Waals surface area contributed by atoms with E-state index in [-0.39, 0.29) is 12.1 Å². The van der Waals surface area contributed by atoms with Gasteiger partial charge >= 0.3 is 0 Å². The van der Waals surface area contributed by atoms with Crippen LogP contribution in [0.3, 0.4) is 0 Å². The van der Waals surface area contributed by atoms with Crippen LogP contribution in [-0.4, -0.2) is 12.6 Å². The molecule has 0 radical (unpaired) electrons. The molecule has 2 aromatic rings. The molecule has 0 aromatic heterocycles. The van der Waals surface area contributed by atoms with Crippen LogP contribution in [0.2, 0.25) is 0 Å². The summed E-state index contributed by atoms with van der Waals surface area (Å²) in [6, 6.07) is 11.4. The first-order valence-electron chi connectivity index (χ1n) is 7.06. The number of ether oxygens (including phenoxy) is 1. The van der Waals surface area contributed by atoms with Gasteiger partial charge < -0.3 is 10.1 Å². The Kier molecular flexibility index (Phi) is 3.88. The Balaban J connectivity index is 1.59. The van der Waals surface area contributed by atoms with E-state index >= 15 is 0 Å². The molecule has 2 aromatic carbocycles. The largest absolute Gasteiger partial charge is 0.488 e. The second-order valence-corrected chi connectivity index (χ2v) is 5.35. The quantitative estimate of drug-likeness (QED) is 0.928. The maximum absolute atomic E-state index is 13.7. The van der Waals surface area contributed by atoms with Crippen molar-refractivity contribution in [3.63, 3.8) is 0 Å². The van der Waals surface area contributed by atoms with Crippen molar-refractivity contribution in [1.82, 2.24) is 5.32 Å². The van der Waals surface area contributed by atoms with E-state index in [1.54, 1.807) is 0 Å². The number of hydrogen-bond acceptors (Lipinski definition) is 2. The molecular weight excluding hydrogens is 272 g/mol. The summed E-state index contributed by atoms with van der Waals surface area (Å²) in [5.74, 6) is -0.159. The Hall–Kier alpha value is -1.94. The highest BCUT2D eigenvalue weighted by Crippen LogP contribution is 2.28. The first kappa shape index (κ1) is 14.0. The zero-order valence-corrected chi connectivity index (χ0v) is 11.8.